The van der Waals surface area contributed by atoms with Gasteiger partial charge < -0.3 is 15.5 Å². The van der Waals surface area contributed by atoms with Crippen LogP contribution in [0.5, 0.6) is 0 Å². The fourth-order valence-electron chi connectivity index (χ4n) is 4.20. The van der Waals surface area contributed by atoms with E-state index in [4.69, 9.17) is 0 Å². The number of hydrogen-bond donors (Lipinski definition) is 3. The molecule has 0 saturated carbocycles. The fraction of sp³-hybridized carbons (Fsp3) is 0.625. The van der Waals surface area contributed by atoms with Gasteiger partial charge in [-0.2, -0.15) is 0 Å². The number of unbranched alkanes of at least 4 members (excludes halogenated alkanes) is 4. The quantitative estimate of drug-likeness (QED) is 0.341. The Labute approximate surface area is 193 Å². The highest BCUT2D eigenvalue weighted by atomic mass is 19.3. The summed E-state index contributed by atoms with van der Waals surface area (Å²) >= 11 is 0. The largest absolute Gasteiger partial charge is 0.374 e. The van der Waals surface area contributed by atoms with Crippen molar-refractivity contribution in [3.63, 3.8) is 0 Å². The van der Waals surface area contributed by atoms with Crippen LogP contribution in [-0.2, 0) is 14.4 Å². The van der Waals surface area contributed by atoms with E-state index >= 15 is 0 Å². The summed E-state index contributed by atoms with van der Waals surface area (Å²) in [5, 5.41) is 8.31. The van der Waals surface area contributed by atoms with Crippen molar-refractivity contribution in [2.45, 2.75) is 76.2 Å². The van der Waals surface area contributed by atoms with Crippen LogP contribution in [0.3, 0.4) is 0 Å². The lowest BCUT2D eigenvalue weighted by Crippen LogP contribution is -2.47. The number of alkyl halides is 2. The summed E-state index contributed by atoms with van der Waals surface area (Å²) in [6, 6.07) is 6.72. The zero-order valence-corrected chi connectivity index (χ0v) is 19.0. The van der Waals surface area contributed by atoms with E-state index in [9.17, 15) is 23.2 Å². The molecule has 2 aliphatic rings. The first-order valence-electron chi connectivity index (χ1n) is 11.9. The number of nitrogens with zero attached hydrogens (tertiary/aromatic N) is 1. The van der Waals surface area contributed by atoms with E-state index in [0.29, 0.717) is 43.7 Å². The number of piperidine rings is 2. The van der Waals surface area contributed by atoms with E-state index in [-0.39, 0.29) is 30.6 Å². The van der Waals surface area contributed by atoms with Crippen molar-refractivity contribution in [3.8, 4) is 0 Å². The van der Waals surface area contributed by atoms with E-state index in [1.807, 2.05) is 6.07 Å². The third kappa shape index (κ3) is 8.72. The summed E-state index contributed by atoms with van der Waals surface area (Å²) in [5.74, 6) is -3.13. The van der Waals surface area contributed by atoms with Gasteiger partial charge in [0.05, 0.1) is 0 Å². The summed E-state index contributed by atoms with van der Waals surface area (Å²) in [7, 11) is 0. The highest BCUT2D eigenvalue weighted by Gasteiger charge is 2.33. The highest BCUT2D eigenvalue weighted by molar-refractivity contribution is 6.01. The third-order valence-electron chi connectivity index (χ3n) is 6.19. The molecule has 0 aromatic heterocycles. The minimum Gasteiger partial charge on any atom is -0.374 e. The van der Waals surface area contributed by atoms with Crippen molar-refractivity contribution in [3.05, 3.63) is 24.3 Å². The summed E-state index contributed by atoms with van der Waals surface area (Å²) in [6.45, 7) is 1.84. The highest BCUT2D eigenvalue weighted by Crippen LogP contribution is 2.27. The Bertz CT molecular complexity index is 824. The SMILES string of the molecule is O=C1CCC(Nc2cccc(NC(=O)CCCCCCCN3CCC(F)(F)CC3)c2)C(=O)N1. The predicted octanol–water partition coefficient (Wildman–Crippen LogP) is 3.91. The Morgan fingerprint density at radius 1 is 1.06 bits per heavy atom. The molecule has 9 heteroatoms. The van der Waals surface area contributed by atoms with Crippen LogP contribution >= 0.6 is 0 Å². The molecular weight excluding hydrogens is 430 g/mol. The molecule has 1 aromatic carbocycles. The van der Waals surface area contributed by atoms with Gasteiger partial charge in [-0.1, -0.05) is 25.3 Å². The van der Waals surface area contributed by atoms with Gasteiger partial charge >= 0.3 is 0 Å². The van der Waals surface area contributed by atoms with Crippen molar-refractivity contribution in [2.24, 2.45) is 0 Å². The number of carbonyl (C=O) groups excluding carboxylic acids is 3. The van der Waals surface area contributed by atoms with Crippen molar-refractivity contribution >= 4 is 29.1 Å². The lowest BCUT2D eigenvalue weighted by molar-refractivity contribution is -0.133. The van der Waals surface area contributed by atoms with E-state index in [2.05, 4.69) is 20.9 Å². The van der Waals surface area contributed by atoms with Gasteiger partial charge in [0.1, 0.15) is 6.04 Å². The van der Waals surface area contributed by atoms with Crippen LogP contribution in [-0.4, -0.2) is 54.2 Å². The second-order valence-electron chi connectivity index (χ2n) is 8.99. The average Bonchev–Trinajstić information content (AvgIpc) is 2.76. The van der Waals surface area contributed by atoms with Gasteiger partial charge in [-0.05, 0) is 44.0 Å². The molecule has 2 heterocycles. The Morgan fingerprint density at radius 3 is 2.52 bits per heavy atom. The van der Waals surface area contributed by atoms with Crippen LogP contribution in [0.2, 0.25) is 0 Å². The van der Waals surface area contributed by atoms with Crippen molar-refractivity contribution < 1.29 is 23.2 Å². The number of amides is 3. The molecule has 1 aromatic rings. The van der Waals surface area contributed by atoms with E-state index in [1.54, 1.807) is 18.2 Å². The van der Waals surface area contributed by atoms with Gasteiger partial charge in [0.25, 0.3) is 5.92 Å². The molecule has 2 saturated heterocycles. The molecule has 3 N–H and O–H groups in total. The average molecular weight is 465 g/mol. The Kier molecular flexibility index (Phi) is 9.17. The zero-order valence-electron chi connectivity index (χ0n) is 19.0. The second kappa shape index (κ2) is 12.1. The summed E-state index contributed by atoms with van der Waals surface area (Å²) in [6.07, 6.45) is 5.96. The Morgan fingerprint density at radius 2 is 1.76 bits per heavy atom. The summed E-state index contributed by atoms with van der Waals surface area (Å²) in [5.41, 5.74) is 1.36. The number of benzene rings is 1. The van der Waals surface area contributed by atoms with Crippen LogP contribution in [0.4, 0.5) is 20.2 Å². The van der Waals surface area contributed by atoms with E-state index in [1.165, 1.54) is 0 Å². The van der Waals surface area contributed by atoms with Gasteiger partial charge in [-0.3, -0.25) is 19.7 Å². The lowest BCUT2D eigenvalue weighted by atomic mass is 10.1. The van der Waals surface area contributed by atoms with E-state index in [0.717, 1.165) is 38.6 Å². The summed E-state index contributed by atoms with van der Waals surface area (Å²) < 4.78 is 26.3. The first kappa shape index (κ1) is 25.1. The molecule has 182 valence electrons. The molecule has 3 rings (SSSR count). The molecular formula is C24H34F2N4O3. The van der Waals surface area contributed by atoms with Gasteiger partial charge in [0, 0.05) is 50.1 Å². The smallest absolute Gasteiger partial charge is 0.250 e. The number of rotatable bonds is 11. The second-order valence-corrected chi connectivity index (χ2v) is 8.99. The predicted molar refractivity (Wildman–Crippen MR) is 123 cm³/mol. The molecule has 7 nitrogen and oxygen atoms in total. The Hall–Kier alpha value is -2.55. The molecule has 2 aliphatic heterocycles. The molecule has 33 heavy (non-hydrogen) atoms. The molecule has 0 spiro atoms. The van der Waals surface area contributed by atoms with Gasteiger partial charge in [-0.25, -0.2) is 8.78 Å². The normalized spacial score (nSPS) is 20.8. The minimum atomic E-state index is -2.48. The number of imide groups is 1. The van der Waals surface area contributed by atoms with E-state index < -0.39 is 12.0 Å². The molecule has 1 atom stereocenters. The number of carbonyl (C=O) groups is 3. The van der Waals surface area contributed by atoms with Crippen LogP contribution in [0.1, 0.15) is 64.2 Å². The van der Waals surface area contributed by atoms with Gasteiger partial charge in [-0.15, -0.1) is 0 Å². The number of nitrogens with one attached hydrogen (secondary N) is 3. The van der Waals surface area contributed by atoms with Crippen molar-refractivity contribution in [1.29, 1.82) is 0 Å². The topological polar surface area (TPSA) is 90.5 Å². The van der Waals surface area contributed by atoms with Gasteiger partial charge in [0.2, 0.25) is 17.7 Å². The van der Waals surface area contributed by atoms with Crippen molar-refractivity contribution in [2.75, 3.05) is 30.3 Å². The number of hydrogen-bond acceptors (Lipinski definition) is 5. The fourth-order valence-corrected chi connectivity index (χ4v) is 4.20. The number of anilines is 2. The first-order valence-corrected chi connectivity index (χ1v) is 11.9. The van der Waals surface area contributed by atoms with Crippen LogP contribution < -0.4 is 16.0 Å². The lowest BCUT2D eigenvalue weighted by Gasteiger charge is -2.31. The third-order valence-corrected chi connectivity index (χ3v) is 6.19. The first-order chi connectivity index (χ1) is 15.8. The van der Waals surface area contributed by atoms with Crippen LogP contribution in [0.25, 0.3) is 0 Å². The molecule has 0 aliphatic carbocycles. The van der Waals surface area contributed by atoms with Gasteiger partial charge in [0.15, 0.2) is 0 Å². The standard InChI is InChI=1S/C24H34F2N4O3/c25-24(26)12-15-30(16-13-24)14-5-3-1-2-4-9-21(31)28-19-8-6-7-18(17-19)27-20-10-11-22(32)29-23(20)33/h6-8,17,20,27H,1-5,9-16H2,(H,28,31)(H,29,32,33). The maximum absolute atomic E-state index is 13.2. The molecule has 1 unspecified atom stereocenters. The molecule has 0 radical (unpaired) electrons. The molecule has 0 bridgehead atoms. The number of halogens is 2. The van der Waals surface area contributed by atoms with Crippen molar-refractivity contribution in [1.82, 2.24) is 10.2 Å². The maximum atomic E-state index is 13.2. The maximum Gasteiger partial charge on any atom is 0.250 e. The summed E-state index contributed by atoms with van der Waals surface area (Å²) in [4.78, 5) is 37.5. The van der Waals surface area contributed by atoms with Crippen LogP contribution in [0, 0.1) is 0 Å². The molecule has 2 fully saturated rings. The minimum absolute atomic E-state index is 0.0298. The van der Waals surface area contributed by atoms with Crippen LogP contribution in [0.15, 0.2) is 24.3 Å². The number of likely N-dealkylation sites (tertiary alicyclic amines) is 1. The molecule has 3 amide bonds. The monoisotopic (exact) mass is 464 g/mol. The zero-order chi connectivity index (χ0) is 23.7. The Balaban J connectivity index is 1.27.